The maximum atomic E-state index is 6.05. The van der Waals surface area contributed by atoms with Crippen molar-refractivity contribution < 1.29 is 0 Å². The van der Waals surface area contributed by atoms with E-state index in [2.05, 4.69) is 39.5 Å². The molecule has 19 heavy (non-hydrogen) atoms. The first kappa shape index (κ1) is 15.1. The van der Waals surface area contributed by atoms with Crippen molar-refractivity contribution in [3.8, 4) is 0 Å². The number of halogens is 2. The number of likely N-dealkylation sites (N-methyl/N-ethyl adjacent to an activating group) is 1. The highest BCUT2D eigenvalue weighted by atomic mass is 79.9. The van der Waals surface area contributed by atoms with E-state index in [0.29, 0.717) is 0 Å². The monoisotopic (exact) mass is 341 g/mol. The summed E-state index contributed by atoms with van der Waals surface area (Å²) in [5.74, 6) is 0.746. The van der Waals surface area contributed by atoms with Gasteiger partial charge in [-0.25, -0.2) is 0 Å². The first-order valence-electron chi connectivity index (χ1n) is 7.01. The Balaban J connectivity index is 2.20. The van der Waals surface area contributed by atoms with Crippen LogP contribution >= 0.6 is 27.5 Å². The molecule has 3 heteroatoms. The smallest absolute Gasteiger partial charge is 0.0548 e. The van der Waals surface area contributed by atoms with E-state index in [-0.39, 0.29) is 0 Å². The zero-order chi connectivity index (χ0) is 13.7. The third kappa shape index (κ3) is 4.34. The van der Waals surface area contributed by atoms with E-state index < -0.39 is 0 Å². The number of nitrogens with one attached hydrogen (secondary N) is 1. The molecular formula is C16H21BrClN. The number of benzene rings is 1. The lowest BCUT2D eigenvalue weighted by Crippen LogP contribution is -2.19. The summed E-state index contributed by atoms with van der Waals surface area (Å²) in [7, 11) is 2.02. The van der Waals surface area contributed by atoms with Crippen LogP contribution in [0, 0.1) is 5.92 Å². The number of hydrogen-bond donors (Lipinski definition) is 1. The normalized spacial score (nSPS) is 17.7. The van der Waals surface area contributed by atoms with Crippen LogP contribution in [0.3, 0.4) is 0 Å². The summed E-state index contributed by atoms with van der Waals surface area (Å²) in [6.07, 6.45) is 9.14. The van der Waals surface area contributed by atoms with Gasteiger partial charge < -0.3 is 5.32 Å². The van der Waals surface area contributed by atoms with Crippen molar-refractivity contribution in [2.45, 2.75) is 32.1 Å². The lowest BCUT2D eigenvalue weighted by atomic mass is 9.83. The second kappa shape index (κ2) is 7.47. The topological polar surface area (TPSA) is 12.0 Å². The Morgan fingerprint density at radius 3 is 2.74 bits per heavy atom. The molecule has 104 valence electrons. The molecule has 0 unspecified atom stereocenters. The van der Waals surface area contributed by atoms with E-state index in [1.165, 1.54) is 43.2 Å². The van der Waals surface area contributed by atoms with Gasteiger partial charge in [0.25, 0.3) is 0 Å². The van der Waals surface area contributed by atoms with Gasteiger partial charge in [0.05, 0.1) is 5.02 Å². The molecule has 1 aromatic carbocycles. The molecule has 0 aromatic heterocycles. The minimum Gasteiger partial charge on any atom is -0.316 e. The van der Waals surface area contributed by atoms with Gasteiger partial charge in [0, 0.05) is 11.0 Å². The Morgan fingerprint density at radius 2 is 2.11 bits per heavy atom. The fourth-order valence-corrected chi connectivity index (χ4v) is 3.32. The molecule has 0 amide bonds. The fraction of sp³-hybridized carbons (Fsp3) is 0.500. The van der Waals surface area contributed by atoms with Crippen molar-refractivity contribution in [1.82, 2.24) is 5.32 Å². The molecule has 1 N–H and O–H groups in total. The van der Waals surface area contributed by atoms with Crippen molar-refractivity contribution in [2.75, 3.05) is 13.6 Å². The van der Waals surface area contributed by atoms with E-state index in [9.17, 15) is 0 Å². The zero-order valence-electron chi connectivity index (χ0n) is 11.4. The molecule has 0 bridgehead atoms. The molecule has 1 nitrogen and oxygen atoms in total. The van der Waals surface area contributed by atoms with E-state index in [1.54, 1.807) is 0 Å². The third-order valence-electron chi connectivity index (χ3n) is 3.81. The molecule has 0 spiro atoms. The zero-order valence-corrected chi connectivity index (χ0v) is 13.7. The van der Waals surface area contributed by atoms with Gasteiger partial charge in [0.2, 0.25) is 0 Å². The standard InChI is InChI=1S/C16H21BrClN/c1-19-11-14(13-5-3-2-4-6-13)9-12-7-8-16(18)15(17)10-12/h7-10,13,19H,2-6,11H2,1H3/b14-9-. The second-order valence-corrected chi connectivity index (χ2v) is 6.52. The van der Waals surface area contributed by atoms with Gasteiger partial charge in [-0.1, -0.05) is 48.6 Å². The van der Waals surface area contributed by atoms with Gasteiger partial charge in [0.1, 0.15) is 0 Å². The molecule has 1 aliphatic rings. The van der Waals surface area contributed by atoms with Crippen LogP contribution in [0.15, 0.2) is 28.2 Å². The summed E-state index contributed by atoms with van der Waals surface area (Å²) in [6.45, 7) is 0.977. The van der Waals surface area contributed by atoms with Gasteiger partial charge in [-0.3, -0.25) is 0 Å². The SMILES string of the molecule is CNC/C(=C/c1ccc(Cl)c(Br)c1)C1CCCCC1. The molecular weight excluding hydrogens is 322 g/mol. The summed E-state index contributed by atoms with van der Waals surface area (Å²) < 4.78 is 0.968. The Bertz CT molecular complexity index is 450. The van der Waals surface area contributed by atoms with Crippen LogP contribution in [0.2, 0.25) is 5.02 Å². The summed E-state index contributed by atoms with van der Waals surface area (Å²) in [6, 6.07) is 6.14. The average Bonchev–Trinajstić information content (AvgIpc) is 2.43. The van der Waals surface area contributed by atoms with Gasteiger partial charge in [-0.15, -0.1) is 0 Å². The maximum Gasteiger partial charge on any atom is 0.0548 e. The van der Waals surface area contributed by atoms with E-state index >= 15 is 0 Å². The van der Waals surface area contributed by atoms with E-state index in [4.69, 9.17) is 11.6 Å². The first-order chi connectivity index (χ1) is 9.20. The van der Waals surface area contributed by atoms with Crippen LogP contribution < -0.4 is 5.32 Å². The van der Waals surface area contributed by atoms with Crippen molar-refractivity contribution in [2.24, 2.45) is 5.92 Å². The molecule has 1 saturated carbocycles. The van der Waals surface area contributed by atoms with Gasteiger partial charge in [0.15, 0.2) is 0 Å². The Hall–Kier alpha value is -0.310. The molecule has 0 saturated heterocycles. The van der Waals surface area contributed by atoms with Crippen molar-refractivity contribution in [1.29, 1.82) is 0 Å². The van der Waals surface area contributed by atoms with Crippen LogP contribution in [0.1, 0.15) is 37.7 Å². The highest BCUT2D eigenvalue weighted by molar-refractivity contribution is 9.10. The largest absolute Gasteiger partial charge is 0.316 e. The van der Waals surface area contributed by atoms with Crippen LogP contribution in [0.25, 0.3) is 6.08 Å². The van der Waals surface area contributed by atoms with E-state index in [0.717, 1.165) is 22.0 Å². The van der Waals surface area contributed by atoms with Crippen LogP contribution in [-0.4, -0.2) is 13.6 Å². The minimum absolute atomic E-state index is 0.746. The summed E-state index contributed by atoms with van der Waals surface area (Å²) >= 11 is 9.54. The summed E-state index contributed by atoms with van der Waals surface area (Å²) in [5, 5.41) is 4.07. The number of hydrogen-bond acceptors (Lipinski definition) is 1. The molecule has 1 fully saturated rings. The number of rotatable bonds is 4. The summed E-state index contributed by atoms with van der Waals surface area (Å²) in [4.78, 5) is 0. The molecule has 0 heterocycles. The quantitative estimate of drug-likeness (QED) is 0.784. The van der Waals surface area contributed by atoms with Crippen LogP contribution in [0.5, 0.6) is 0 Å². The molecule has 0 aliphatic heterocycles. The predicted molar refractivity (Wildman–Crippen MR) is 87.6 cm³/mol. The molecule has 1 aromatic rings. The predicted octanol–water partition coefficient (Wildman–Crippen LogP) is 5.29. The maximum absolute atomic E-state index is 6.05. The average molecular weight is 343 g/mol. The third-order valence-corrected chi connectivity index (χ3v) is 5.02. The molecule has 2 rings (SSSR count). The van der Waals surface area contributed by atoms with Crippen molar-refractivity contribution >= 4 is 33.6 Å². The Morgan fingerprint density at radius 1 is 1.37 bits per heavy atom. The van der Waals surface area contributed by atoms with Gasteiger partial charge in [-0.2, -0.15) is 0 Å². The Kier molecular flexibility index (Phi) is 5.93. The second-order valence-electron chi connectivity index (χ2n) is 5.26. The van der Waals surface area contributed by atoms with Crippen molar-refractivity contribution in [3.05, 3.63) is 38.8 Å². The molecule has 0 atom stereocenters. The van der Waals surface area contributed by atoms with Crippen molar-refractivity contribution in [3.63, 3.8) is 0 Å². The van der Waals surface area contributed by atoms with Crippen LogP contribution in [0.4, 0.5) is 0 Å². The molecule has 1 aliphatic carbocycles. The summed E-state index contributed by atoms with van der Waals surface area (Å²) in [5.41, 5.74) is 2.75. The highest BCUT2D eigenvalue weighted by Crippen LogP contribution is 2.31. The molecule has 0 radical (unpaired) electrons. The van der Waals surface area contributed by atoms with Gasteiger partial charge in [-0.05, 0) is 59.4 Å². The first-order valence-corrected chi connectivity index (χ1v) is 8.18. The van der Waals surface area contributed by atoms with Crippen LogP contribution in [-0.2, 0) is 0 Å². The van der Waals surface area contributed by atoms with Gasteiger partial charge >= 0.3 is 0 Å². The lowest BCUT2D eigenvalue weighted by Gasteiger charge is -2.24. The fourth-order valence-electron chi connectivity index (χ4n) is 2.81. The minimum atomic E-state index is 0.746. The Labute approximate surface area is 129 Å². The lowest BCUT2D eigenvalue weighted by molar-refractivity contribution is 0.398. The van der Waals surface area contributed by atoms with E-state index in [1.807, 2.05) is 13.1 Å². The highest BCUT2D eigenvalue weighted by Gasteiger charge is 2.17.